The molecular formula is C25H30N4OS. The number of carbonyl (C=O) groups is 1. The summed E-state index contributed by atoms with van der Waals surface area (Å²) in [5.41, 5.74) is 3.54. The zero-order chi connectivity index (χ0) is 21.5. The molecule has 4 rings (SSSR count). The van der Waals surface area contributed by atoms with Crippen LogP contribution in [-0.4, -0.2) is 44.4 Å². The molecule has 1 aromatic heterocycles. The summed E-state index contributed by atoms with van der Waals surface area (Å²) in [6.07, 6.45) is 6.37. The molecule has 0 bridgehead atoms. The van der Waals surface area contributed by atoms with E-state index in [9.17, 15) is 4.79 Å². The number of amides is 1. The molecule has 1 saturated heterocycles. The number of aromatic nitrogens is 3. The Morgan fingerprint density at radius 1 is 0.903 bits per heavy atom. The van der Waals surface area contributed by atoms with E-state index in [1.165, 1.54) is 35.7 Å². The topological polar surface area (TPSA) is 51.0 Å². The maximum absolute atomic E-state index is 12.8. The van der Waals surface area contributed by atoms with Gasteiger partial charge in [0, 0.05) is 25.2 Å². The van der Waals surface area contributed by atoms with Crippen LogP contribution in [0.1, 0.15) is 42.6 Å². The number of benzene rings is 2. The standard InChI is InChI=1S/C25H30N4OS/c1-20-11-14-22(15-12-20)29-23(16-13-21-9-5-4-6-10-21)26-27-25(29)31-19-24(30)28-17-7-2-3-8-18-28/h4-6,9-12,14-15H,2-3,7-8,13,16-19H2,1H3. The fourth-order valence-corrected chi connectivity index (χ4v) is 4.82. The summed E-state index contributed by atoms with van der Waals surface area (Å²) in [7, 11) is 0. The highest BCUT2D eigenvalue weighted by Crippen LogP contribution is 2.24. The minimum Gasteiger partial charge on any atom is -0.342 e. The summed E-state index contributed by atoms with van der Waals surface area (Å²) in [4.78, 5) is 14.8. The summed E-state index contributed by atoms with van der Waals surface area (Å²) in [6.45, 7) is 3.85. The molecule has 0 unspecified atom stereocenters. The number of rotatable bonds is 7. The Morgan fingerprint density at radius 3 is 2.32 bits per heavy atom. The highest BCUT2D eigenvalue weighted by atomic mass is 32.2. The van der Waals surface area contributed by atoms with Crippen molar-refractivity contribution >= 4 is 17.7 Å². The molecule has 31 heavy (non-hydrogen) atoms. The zero-order valence-corrected chi connectivity index (χ0v) is 19.0. The monoisotopic (exact) mass is 434 g/mol. The molecule has 0 atom stereocenters. The third-order valence-corrected chi connectivity index (χ3v) is 6.67. The molecule has 0 spiro atoms. The molecule has 2 heterocycles. The van der Waals surface area contributed by atoms with E-state index < -0.39 is 0 Å². The van der Waals surface area contributed by atoms with Crippen molar-refractivity contribution in [2.24, 2.45) is 0 Å². The van der Waals surface area contributed by atoms with Crippen LogP contribution in [0.3, 0.4) is 0 Å². The van der Waals surface area contributed by atoms with Gasteiger partial charge in [-0.15, -0.1) is 10.2 Å². The van der Waals surface area contributed by atoms with Gasteiger partial charge in [0.15, 0.2) is 5.16 Å². The SMILES string of the molecule is Cc1ccc(-n2c(CCc3ccccc3)nnc2SCC(=O)N2CCCCCC2)cc1. The molecule has 1 fully saturated rings. The van der Waals surface area contributed by atoms with Crippen LogP contribution in [-0.2, 0) is 17.6 Å². The number of likely N-dealkylation sites (tertiary alicyclic amines) is 1. The molecule has 2 aromatic carbocycles. The van der Waals surface area contributed by atoms with Crippen LogP contribution in [0.15, 0.2) is 59.8 Å². The molecule has 0 N–H and O–H groups in total. The van der Waals surface area contributed by atoms with Crippen LogP contribution in [0.5, 0.6) is 0 Å². The van der Waals surface area contributed by atoms with Crippen molar-refractivity contribution in [1.29, 1.82) is 0 Å². The van der Waals surface area contributed by atoms with E-state index in [-0.39, 0.29) is 5.91 Å². The summed E-state index contributed by atoms with van der Waals surface area (Å²) in [5.74, 6) is 1.54. The van der Waals surface area contributed by atoms with E-state index in [1.54, 1.807) is 0 Å². The van der Waals surface area contributed by atoms with Crippen LogP contribution in [0.2, 0.25) is 0 Å². The second kappa shape index (κ2) is 10.6. The third kappa shape index (κ3) is 5.76. The maximum Gasteiger partial charge on any atom is 0.233 e. The molecule has 1 aliphatic rings. The van der Waals surface area contributed by atoms with Crippen molar-refractivity contribution in [3.8, 4) is 5.69 Å². The van der Waals surface area contributed by atoms with Crippen LogP contribution in [0.4, 0.5) is 0 Å². The Hall–Kier alpha value is -2.60. The fourth-order valence-electron chi connectivity index (χ4n) is 3.95. The summed E-state index contributed by atoms with van der Waals surface area (Å²) in [6, 6.07) is 18.9. The Bertz CT molecular complexity index is 977. The lowest BCUT2D eigenvalue weighted by atomic mass is 10.1. The van der Waals surface area contributed by atoms with Gasteiger partial charge in [0.25, 0.3) is 0 Å². The van der Waals surface area contributed by atoms with Crippen molar-refractivity contribution in [1.82, 2.24) is 19.7 Å². The minimum atomic E-state index is 0.205. The van der Waals surface area contributed by atoms with Gasteiger partial charge in [0.1, 0.15) is 5.82 Å². The van der Waals surface area contributed by atoms with Gasteiger partial charge in [-0.25, -0.2) is 0 Å². The van der Waals surface area contributed by atoms with E-state index in [0.29, 0.717) is 5.75 Å². The predicted octanol–water partition coefficient (Wildman–Crippen LogP) is 4.86. The van der Waals surface area contributed by atoms with Gasteiger partial charge in [0.2, 0.25) is 5.91 Å². The summed E-state index contributed by atoms with van der Waals surface area (Å²) in [5, 5.41) is 9.76. The van der Waals surface area contributed by atoms with Gasteiger partial charge in [-0.2, -0.15) is 0 Å². The van der Waals surface area contributed by atoms with Crippen LogP contribution < -0.4 is 0 Å². The number of carbonyl (C=O) groups excluding carboxylic acids is 1. The lowest BCUT2D eigenvalue weighted by Crippen LogP contribution is -2.33. The molecule has 0 radical (unpaired) electrons. The minimum absolute atomic E-state index is 0.205. The van der Waals surface area contributed by atoms with Gasteiger partial charge < -0.3 is 4.90 Å². The first kappa shape index (κ1) is 21.6. The first-order chi connectivity index (χ1) is 15.2. The number of thioether (sulfide) groups is 1. The molecule has 0 aliphatic carbocycles. The Morgan fingerprint density at radius 2 is 1.61 bits per heavy atom. The molecule has 1 amide bonds. The lowest BCUT2D eigenvalue weighted by molar-refractivity contribution is -0.128. The molecule has 1 aliphatic heterocycles. The van der Waals surface area contributed by atoms with Gasteiger partial charge in [-0.05, 0) is 43.9 Å². The average Bonchev–Trinajstić information content (AvgIpc) is 3.00. The number of aryl methyl sites for hydroxylation is 3. The predicted molar refractivity (Wildman–Crippen MR) is 126 cm³/mol. The molecule has 6 heteroatoms. The number of hydrogen-bond donors (Lipinski definition) is 0. The normalized spacial score (nSPS) is 14.4. The highest BCUT2D eigenvalue weighted by Gasteiger charge is 2.19. The van der Waals surface area contributed by atoms with E-state index in [0.717, 1.165) is 55.4 Å². The second-order valence-electron chi connectivity index (χ2n) is 8.14. The van der Waals surface area contributed by atoms with Crippen molar-refractivity contribution < 1.29 is 4.79 Å². The molecule has 5 nitrogen and oxygen atoms in total. The largest absolute Gasteiger partial charge is 0.342 e. The molecular weight excluding hydrogens is 404 g/mol. The van der Waals surface area contributed by atoms with E-state index in [1.807, 2.05) is 11.0 Å². The Kier molecular flexibility index (Phi) is 7.41. The molecule has 3 aromatic rings. The summed E-state index contributed by atoms with van der Waals surface area (Å²) < 4.78 is 2.11. The average molecular weight is 435 g/mol. The second-order valence-corrected chi connectivity index (χ2v) is 9.08. The first-order valence-corrected chi connectivity index (χ1v) is 12.1. The summed E-state index contributed by atoms with van der Waals surface area (Å²) >= 11 is 1.50. The van der Waals surface area contributed by atoms with Crippen LogP contribution in [0.25, 0.3) is 5.69 Å². The van der Waals surface area contributed by atoms with Crippen LogP contribution >= 0.6 is 11.8 Å². The Labute approximate surface area is 188 Å². The van der Waals surface area contributed by atoms with Crippen LogP contribution in [0, 0.1) is 6.92 Å². The number of hydrogen-bond acceptors (Lipinski definition) is 4. The smallest absolute Gasteiger partial charge is 0.233 e. The van der Waals surface area contributed by atoms with Crippen molar-refractivity contribution in [3.63, 3.8) is 0 Å². The van der Waals surface area contributed by atoms with Crippen molar-refractivity contribution in [2.45, 2.75) is 50.6 Å². The quantitative estimate of drug-likeness (QED) is 0.499. The zero-order valence-electron chi connectivity index (χ0n) is 18.2. The van der Waals surface area contributed by atoms with Crippen molar-refractivity contribution in [2.75, 3.05) is 18.8 Å². The maximum atomic E-state index is 12.8. The van der Waals surface area contributed by atoms with Gasteiger partial charge in [0.05, 0.1) is 5.75 Å². The third-order valence-electron chi connectivity index (χ3n) is 5.76. The molecule has 0 saturated carbocycles. The fraction of sp³-hybridized carbons (Fsp3) is 0.400. The van der Waals surface area contributed by atoms with Gasteiger partial charge >= 0.3 is 0 Å². The van der Waals surface area contributed by atoms with E-state index >= 15 is 0 Å². The van der Waals surface area contributed by atoms with Gasteiger partial charge in [-0.1, -0.05) is 72.6 Å². The molecule has 162 valence electrons. The van der Waals surface area contributed by atoms with Crippen molar-refractivity contribution in [3.05, 3.63) is 71.5 Å². The first-order valence-electron chi connectivity index (χ1n) is 11.2. The lowest BCUT2D eigenvalue weighted by Gasteiger charge is -2.20. The van der Waals surface area contributed by atoms with Gasteiger partial charge in [-0.3, -0.25) is 9.36 Å². The van der Waals surface area contributed by atoms with E-state index in [2.05, 4.69) is 70.2 Å². The Balaban J connectivity index is 1.51. The number of nitrogens with zero attached hydrogens (tertiary/aromatic N) is 4. The highest BCUT2D eigenvalue weighted by molar-refractivity contribution is 7.99. The van der Waals surface area contributed by atoms with E-state index in [4.69, 9.17) is 0 Å².